The highest BCUT2D eigenvalue weighted by atomic mass is 16.1. The van der Waals surface area contributed by atoms with Crippen LogP contribution in [0.5, 0.6) is 0 Å². The molecule has 1 aromatic rings. The number of rotatable bonds is 5. The van der Waals surface area contributed by atoms with Crippen molar-refractivity contribution in [2.24, 2.45) is 0 Å². The summed E-state index contributed by atoms with van der Waals surface area (Å²) in [6.07, 6.45) is 7.06. The first-order valence-electron chi connectivity index (χ1n) is 8.38. The molecule has 1 aromatic carbocycles. The van der Waals surface area contributed by atoms with Crippen molar-refractivity contribution in [3.8, 4) is 6.07 Å². The molecule has 0 radical (unpaired) electrons. The Morgan fingerprint density at radius 2 is 1.96 bits per heavy atom. The molecular formula is C19H25N3O. The molecule has 0 bridgehead atoms. The maximum absolute atomic E-state index is 12.2. The third-order valence-corrected chi connectivity index (χ3v) is 4.26. The first kappa shape index (κ1) is 17.1. The van der Waals surface area contributed by atoms with E-state index in [0.29, 0.717) is 5.92 Å². The lowest BCUT2D eigenvalue weighted by Gasteiger charge is -2.22. The molecular weight excluding hydrogens is 286 g/mol. The molecule has 1 amide bonds. The summed E-state index contributed by atoms with van der Waals surface area (Å²) in [5, 5.41) is 15.4. The summed E-state index contributed by atoms with van der Waals surface area (Å²) >= 11 is 0. The topological polar surface area (TPSA) is 64.9 Å². The number of hydrogen-bond donors (Lipinski definition) is 2. The first-order valence-corrected chi connectivity index (χ1v) is 8.38. The molecule has 1 fully saturated rings. The summed E-state index contributed by atoms with van der Waals surface area (Å²) in [6, 6.07) is 10.1. The van der Waals surface area contributed by atoms with Gasteiger partial charge in [0, 0.05) is 17.9 Å². The summed E-state index contributed by atoms with van der Waals surface area (Å²) in [5.41, 5.74) is 2.21. The fraction of sp³-hybridized carbons (Fsp3) is 0.474. The molecule has 4 nitrogen and oxygen atoms in total. The Balaban J connectivity index is 2.04. The lowest BCUT2D eigenvalue weighted by Crippen LogP contribution is -2.37. The highest BCUT2D eigenvalue weighted by Gasteiger charge is 2.18. The van der Waals surface area contributed by atoms with Crippen LogP contribution in [-0.4, -0.2) is 11.9 Å². The van der Waals surface area contributed by atoms with Crippen LogP contribution in [0.1, 0.15) is 57.4 Å². The van der Waals surface area contributed by atoms with E-state index in [1.807, 2.05) is 24.3 Å². The molecule has 0 spiro atoms. The molecule has 2 N–H and O–H groups in total. The predicted octanol–water partition coefficient (Wildman–Crippen LogP) is 4.08. The van der Waals surface area contributed by atoms with Crippen molar-refractivity contribution in [2.45, 2.75) is 57.9 Å². The number of anilines is 1. The van der Waals surface area contributed by atoms with E-state index in [1.54, 1.807) is 0 Å². The monoisotopic (exact) mass is 311 g/mol. The van der Waals surface area contributed by atoms with Crippen molar-refractivity contribution < 1.29 is 4.79 Å². The van der Waals surface area contributed by atoms with Crippen molar-refractivity contribution in [3.05, 3.63) is 41.6 Å². The molecule has 122 valence electrons. The summed E-state index contributed by atoms with van der Waals surface area (Å²) in [7, 11) is 0. The quantitative estimate of drug-likeness (QED) is 0.636. The highest BCUT2D eigenvalue weighted by molar-refractivity contribution is 5.97. The normalized spacial score (nSPS) is 16.0. The van der Waals surface area contributed by atoms with Crippen LogP contribution in [0.4, 0.5) is 5.69 Å². The number of carbonyl (C=O) groups excluding carboxylic acids is 1. The van der Waals surface area contributed by atoms with E-state index in [0.717, 1.165) is 36.9 Å². The molecule has 0 unspecified atom stereocenters. The standard InChI is InChI=1S/C19H25N3O/c1-14(2)17-10-6-7-11-18(17)21-13-15(12-20)19(23)22-16-8-4-3-5-9-16/h6-7,10-11,13-14,16,21H,3-5,8-9H2,1-2H3,(H,22,23)/b15-13-. The van der Waals surface area contributed by atoms with E-state index in [9.17, 15) is 10.1 Å². The van der Waals surface area contributed by atoms with E-state index in [-0.39, 0.29) is 17.5 Å². The molecule has 23 heavy (non-hydrogen) atoms. The highest BCUT2D eigenvalue weighted by Crippen LogP contribution is 2.24. The van der Waals surface area contributed by atoms with Crippen LogP contribution in [0, 0.1) is 11.3 Å². The zero-order valence-electron chi connectivity index (χ0n) is 13.9. The van der Waals surface area contributed by atoms with Gasteiger partial charge in [0.2, 0.25) is 0 Å². The van der Waals surface area contributed by atoms with Crippen LogP contribution >= 0.6 is 0 Å². The second kappa shape index (κ2) is 8.38. The van der Waals surface area contributed by atoms with Gasteiger partial charge in [-0.2, -0.15) is 5.26 Å². The molecule has 0 aromatic heterocycles. The predicted molar refractivity (Wildman–Crippen MR) is 92.9 cm³/mol. The van der Waals surface area contributed by atoms with Gasteiger partial charge >= 0.3 is 0 Å². The van der Waals surface area contributed by atoms with Crippen LogP contribution in [0.25, 0.3) is 0 Å². The van der Waals surface area contributed by atoms with Crippen LogP contribution in [0.2, 0.25) is 0 Å². The van der Waals surface area contributed by atoms with Gasteiger partial charge in [0.25, 0.3) is 5.91 Å². The van der Waals surface area contributed by atoms with Crippen molar-refractivity contribution in [3.63, 3.8) is 0 Å². The molecule has 1 aliphatic carbocycles. The zero-order valence-corrected chi connectivity index (χ0v) is 13.9. The summed E-state index contributed by atoms with van der Waals surface area (Å²) in [4.78, 5) is 12.2. The van der Waals surface area contributed by atoms with Crippen LogP contribution in [0.15, 0.2) is 36.0 Å². The Labute approximate surface area is 138 Å². The molecule has 1 aliphatic rings. The van der Waals surface area contributed by atoms with E-state index in [4.69, 9.17) is 0 Å². The first-order chi connectivity index (χ1) is 11.1. The van der Waals surface area contributed by atoms with Crippen molar-refractivity contribution in [1.29, 1.82) is 5.26 Å². The number of amides is 1. The largest absolute Gasteiger partial charge is 0.360 e. The Hall–Kier alpha value is -2.28. The molecule has 0 atom stereocenters. The van der Waals surface area contributed by atoms with E-state index < -0.39 is 0 Å². The second-order valence-corrected chi connectivity index (χ2v) is 6.36. The van der Waals surface area contributed by atoms with Crippen molar-refractivity contribution in [1.82, 2.24) is 5.32 Å². The van der Waals surface area contributed by atoms with Gasteiger partial charge in [-0.05, 0) is 30.4 Å². The van der Waals surface area contributed by atoms with Crippen LogP contribution in [-0.2, 0) is 4.79 Å². The number of hydrogen-bond acceptors (Lipinski definition) is 3. The Morgan fingerprint density at radius 3 is 2.61 bits per heavy atom. The fourth-order valence-corrected chi connectivity index (χ4v) is 2.94. The molecule has 2 rings (SSSR count). The third-order valence-electron chi connectivity index (χ3n) is 4.26. The van der Waals surface area contributed by atoms with Crippen LogP contribution < -0.4 is 10.6 Å². The van der Waals surface area contributed by atoms with Gasteiger partial charge in [0.15, 0.2) is 0 Å². The average molecular weight is 311 g/mol. The van der Waals surface area contributed by atoms with Gasteiger partial charge in [-0.1, -0.05) is 51.3 Å². The van der Waals surface area contributed by atoms with E-state index >= 15 is 0 Å². The lowest BCUT2D eigenvalue weighted by molar-refractivity contribution is -0.118. The van der Waals surface area contributed by atoms with Crippen molar-refractivity contribution in [2.75, 3.05) is 5.32 Å². The van der Waals surface area contributed by atoms with Gasteiger partial charge < -0.3 is 10.6 Å². The zero-order chi connectivity index (χ0) is 16.7. The Bertz CT molecular complexity index is 607. The third kappa shape index (κ3) is 4.85. The van der Waals surface area contributed by atoms with Gasteiger partial charge in [-0.25, -0.2) is 0 Å². The van der Waals surface area contributed by atoms with E-state index in [2.05, 4.69) is 30.5 Å². The van der Waals surface area contributed by atoms with Crippen LogP contribution in [0.3, 0.4) is 0 Å². The number of carbonyl (C=O) groups is 1. The summed E-state index contributed by atoms with van der Waals surface area (Å²) in [5.74, 6) is 0.0858. The number of nitriles is 1. The lowest BCUT2D eigenvalue weighted by atomic mass is 9.95. The number of para-hydroxylation sites is 1. The number of benzene rings is 1. The average Bonchev–Trinajstić information content (AvgIpc) is 2.56. The second-order valence-electron chi connectivity index (χ2n) is 6.36. The molecule has 0 aliphatic heterocycles. The van der Waals surface area contributed by atoms with Gasteiger partial charge in [0.05, 0.1) is 0 Å². The fourth-order valence-electron chi connectivity index (χ4n) is 2.94. The van der Waals surface area contributed by atoms with Gasteiger partial charge in [0.1, 0.15) is 11.6 Å². The molecule has 0 saturated heterocycles. The SMILES string of the molecule is CC(C)c1ccccc1N/C=C(/C#N)C(=O)NC1CCCCC1. The molecule has 0 heterocycles. The Kier molecular flexibility index (Phi) is 6.22. The smallest absolute Gasteiger partial charge is 0.263 e. The van der Waals surface area contributed by atoms with Gasteiger partial charge in [-0.3, -0.25) is 4.79 Å². The minimum Gasteiger partial charge on any atom is -0.360 e. The number of nitrogens with one attached hydrogen (secondary N) is 2. The maximum Gasteiger partial charge on any atom is 0.263 e. The number of nitrogens with zero attached hydrogens (tertiary/aromatic N) is 1. The van der Waals surface area contributed by atoms with E-state index in [1.165, 1.54) is 12.6 Å². The minimum absolute atomic E-state index is 0.120. The van der Waals surface area contributed by atoms with Gasteiger partial charge in [-0.15, -0.1) is 0 Å². The Morgan fingerprint density at radius 1 is 1.26 bits per heavy atom. The molecule has 4 heteroatoms. The maximum atomic E-state index is 12.2. The minimum atomic E-state index is -0.283. The van der Waals surface area contributed by atoms with Crippen molar-refractivity contribution >= 4 is 11.6 Å². The molecule has 1 saturated carbocycles. The summed E-state index contributed by atoms with van der Waals surface area (Å²) < 4.78 is 0. The summed E-state index contributed by atoms with van der Waals surface area (Å²) in [6.45, 7) is 4.23.